The third kappa shape index (κ3) is 3.25. The van der Waals surface area contributed by atoms with Crippen LogP contribution in [0.2, 0.25) is 5.02 Å². The molecule has 2 nitrogen and oxygen atoms in total. The summed E-state index contributed by atoms with van der Waals surface area (Å²) >= 11 is 5.77. The van der Waals surface area contributed by atoms with Crippen LogP contribution >= 0.6 is 11.6 Å². The maximum absolute atomic E-state index is 13.6. The van der Waals surface area contributed by atoms with Gasteiger partial charge < -0.3 is 5.32 Å². The number of rotatable bonds is 3. The van der Waals surface area contributed by atoms with Crippen molar-refractivity contribution in [1.29, 1.82) is 5.26 Å². The molecule has 0 bridgehead atoms. The van der Waals surface area contributed by atoms with Gasteiger partial charge >= 0.3 is 0 Å². The summed E-state index contributed by atoms with van der Waals surface area (Å²) in [5, 5.41) is 12.1. The number of nitriles is 1. The van der Waals surface area contributed by atoms with Crippen LogP contribution in [0, 0.1) is 29.9 Å². The van der Waals surface area contributed by atoms with Gasteiger partial charge in [-0.15, -0.1) is 0 Å². The Morgan fingerprint density at radius 3 is 2.60 bits per heavy atom. The summed E-state index contributed by atoms with van der Waals surface area (Å²) in [5.41, 5.74) is 1.78. The fourth-order valence-electron chi connectivity index (χ4n) is 1.84. The van der Waals surface area contributed by atoms with Gasteiger partial charge in [0.15, 0.2) is 0 Å². The molecule has 0 saturated carbocycles. The molecule has 0 heterocycles. The molecular weight excluding hydrogens is 282 g/mol. The number of nitrogens with one attached hydrogen (secondary N) is 1. The van der Waals surface area contributed by atoms with Crippen LogP contribution in [0.4, 0.5) is 14.5 Å². The van der Waals surface area contributed by atoms with Crippen LogP contribution in [0.15, 0.2) is 30.3 Å². The largest absolute Gasteiger partial charge is 0.381 e. The molecule has 0 amide bonds. The lowest BCUT2D eigenvalue weighted by Gasteiger charge is -2.11. The Kier molecular flexibility index (Phi) is 4.21. The van der Waals surface area contributed by atoms with Gasteiger partial charge in [0.05, 0.1) is 11.6 Å². The van der Waals surface area contributed by atoms with Crippen molar-refractivity contribution < 1.29 is 8.78 Å². The summed E-state index contributed by atoms with van der Waals surface area (Å²) in [4.78, 5) is 0. The van der Waals surface area contributed by atoms with Crippen molar-refractivity contribution in [2.75, 3.05) is 5.32 Å². The Morgan fingerprint density at radius 1 is 1.20 bits per heavy atom. The van der Waals surface area contributed by atoms with Gasteiger partial charge in [0, 0.05) is 22.8 Å². The number of halogens is 3. The van der Waals surface area contributed by atoms with Crippen molar-refractivity contribution in [2.24, 2.45) is 0 Å². The molecule has 2 aromatic carbocycles. The Hall–Kier alpha value is -2.12. The van der Waals surface area contributed by atoms with Crippen LogP contribution in [-0.4, -0.2) is 0 Å². The van der Waals surface area contributed by atoms with Gasteiger partial charge in [0.1, 0.15) is 11.6 Å². The molecule has 0 atom stereocenters. The van der Waals surface area contributed by atoms with Crippen molar-refractivity contribution >= 4 is 17.3 Å². The van der Waals surface area contributed by atoms with E-state index in [-0.39, 0.29) is 12.1 Å². The Balaban J connectivity index is 2.23. The van der Waals surface area contributed by atoms with Crippen LogP contribution in [0.1, 0.15) is 16.7 Å². The smallest absolute Gasteiger partial charge is 0.129 e. The van der Waals surface area contributed by atoms with Crippen LogP contribution in [0.25, 0.3) is 0 Å². The molecule has 0 spiro atoms. The quantitative estimate of drug-likeness (QED) is 0.909. The normalized spacial score (nSPS) is 10.2. The first-order valence-electron chi connectivity index (χ1n) is 5.88. The van der Waals surface area contributed by atoms with E-state index < -0.39 is 11.6 Å². The number of benzene rings is 2. The molecule has 0 aliphatic rings. The van der Waals surface area contributed by atoms with E-state index in [0.29, 0.717) is 21.8 Å². The van der Waals surface area contributed by atoms with E-state index in [9.17, 15) is 8.78 Å². The number of nitrogens with zero attached hydrogens (tertiary/aromatic N) is 1. The van der Waals surface area contributed by atoms with Gasteiger partial charge in [-0.05, 0) is 42.8 Å². The monoisotopic (exact) mass is 292 g/mol. The van der Waals surface area contributed by atoms with E-state index >= 15 is 0 Å². The zero-order valence-electron chi connectivity index (χ0n) is 10.7. The topological polar surface area (TPSA) is 35.8 Å². The summed E-state index contributed by atoms with van der Waals surface area (Å²) in [7, 11) is 0. The average Bonchev–Trinajstić information content (AvgIpc) is 2.39. The lowest BCUT2D eigenvalue weighted by molar-refractivity contribution is 0.618. The minimum absolute atomic E-state index is 0.230. The fraction of sp³-hybridized carbons (Fsp3) is 0.133. The summed E-state index contributed by atoms with van der Waals surface area (Å²) in [6, 6.07) is 8.81. The lowest BCUT2D eigenvalue weighted by Crippen LogP contribution is -2.03. The molecule has 0 aromatic heterocycles. The molecule has 20 heavy (non-hydrogen) atoms. The van der Waals surface area contributed by atoms with E-state index in [1.807, 2.05) is 6.07 Å². The molecule has 0 unspecified atom stereocenters. The van der Waals surface area contributed by atoms with Gasteiger partial charge in [-0.3, -0.25) is 0 Å². The second-order valence-electron chi connectivity index (χ2n) is 4.37. The molecule has 0 fully saturated rings. The van der Waals surface area contributed by atoms with Crippen LogP contribution in [0.3, 0.4) is 0 Å². The molecule has 2 aromatic rings. The highest BCUT2D eigenvalue weighted by Gasteiger charge is 2.07. The first kappa shape index (κ1) is 14.3. The SMILES string of the molecule is Cc1c(F)cc(C#N)cc1NCc1cc(F)cc(Cl)c1. The summed E-state index contributed by atoms with van der Waals surface area (Å²) < 4.78 is 26.8. The average molecular weight is 293 g/mol. The second kappa shape index (κ2) is 5.89. The van der Waals surface area contributed by atoms with Crippen molar-refractivity contribution in [3.63, 3.8) is 0 Å². The van der Waals surface area contributed by atoms with Crippen LogP contribution in [-0.2, 0) is 6.54 Å². The molecule has 0 aliphatic heterocycles. The Bertz CT molecular complexity index is 673. The van der Waals surface area contributed by atoms with Crippen molar-refractivity contribution in [3.05, 3.63) is 63.7 Å². The van der Waals surface area contributed by atoms with E-state index in [0.717, 1.165) is 0 Å². The van der Waals surface area contributed by atoms with E-state index in [4.69, 9.17) is 16.9 Å². The summed E-state index contributed by atoms with van der Waals surface area (Å²) in [6.07, 6.45) is 0. The zero-order chi connectivity index (χ0) is 14.7. The first-order chi connectivity index (χ1) is 9.49. The van der Waals surface area contributed by atoms with Gasteiger partial charge in [0.2, 0.25) is 0 Å². The maximum atomic E-state index is 13.6. The van der Waals surface area contributed by atoms with Gasteiger partial charge in [-0.1, -0.05) is 11.6 Å². The fourth-order valence-corrected chi connectivity index (χ4v) is 2.08. The molecular formula is C15H11ClF2N2. The molecule has 2 rings (SSSR count). The molecule has 0 saturated heterocycles. The van der Waals surface area contributed by atoms with Crippen LogP contribution < -0.4 is 5.32 Å². The lowest BCUT2D eigenvalue weighted by atomic mass is 10.1. The minimum atomic E-state index is -0.455. The Morgan fingerprint density at radius 2 is 1.95 bits per heavy atom. The minimum Gasteiger partial charge on any atom is -0.381 e. The zero-order valence-corrected chi connectivity index (χ0v) is 11.4. The highest BCUT2D eigenvalue weighted by Crippen LogP contribution is 2.22. The first-order valence-corrected chi connectivity index (χ1v) is 6.26. The number of hydrogen-bond acceptors (Lipinski definition) is 2. The molecule has 0 radical (unpaired) electrons. The van der Waals surface area contributed by atoms with E-state index in [1.54, 1.807) is 19.1 Å². The third-order valence-electron chi connectivity index (χ3n) is 2.88. The number of hydrogen-bond donors (Lipinski definition) is 1. The van der Waals surface area contributed by atoms with Crippen molar-refractivity contribution in [1.82, 2.24) is 0 Å². The van der Waals surface area contributed by atoms with Crippen molar-refractivity contribution in [3.8, 4) is 6.07 Å². The highest BCUT2D eigenvalue weighted by molar-refractivity contribution is 6.30. The summed E-state index contributed by atoms with van der Waals surface area (Å²) in [6.45, 7) is 1.89. The van der Waals surface area contributed by atoms with Gasteiger partial charge in [-0.25, -0.2) is 8.78 Å². The van der Waals surface area contributed by atoms with E-state index in [2.05, 4.69) is 5.32 Å². The van der Waals surface area contributed by atoms with Crippen molar-refractivity contribution in [2.45, 2.75) is 13.5 Å². The summed E-state index contributed by atoms with van der Waals surface area (Å²) in [5.74, 6) is -0.883. The maximum Gasteiger partial charge on any atom is 0.129 e. The molecule has 1 N–H and O–H groups in total. The molecule has 102 valence electrons. The third-order valence-corrected chi connectivity index (χ3v) is 3.10. The highest BCUT2D eigenvalue weighted by atomic mass is 35.5. The molecule has 5 heteroatoms. The second-order valence-corrected chi connectivity index (χ2v) is 4.81. The predicted octanol–water partition coefficient (Wildman–Crippen LogP) is 4.41. The number of anilines is 1. The standard InChI is InChI=1S/C15H11ClF2N2/c1-9-14(18)4-10(7-19)5-15(9)20-8-11-2-12(16)6-13(17)3-11/h2-6,20H,8H2,1H3. The van der Waals surface area contributed by atoms with Gasteiger partial charge in [0.25, 0.3) is 0 Å². The van der Waals surface area contributed by atoms with Gasteiger partial charge in [-0.2, -0.15) is 5.26 Å². The molecule has 0 aliphatic carbocycles. The van der Waals surface area contributed by atoms with Crippen LogP contribution in [0.5, 0.6) is 0 Å². The Labute approximate surface area is 120 Å². The predicted molar refractivity (Wildman–Crippen MR) is 74.6 cm³/mol. The van der Waals surface area contributed by atoms with E-state index in [1.165, 1.54) is 18.2 Å².